The fraction of sp³-hybridized carbons (Fsp3) is 0.381. The molecule has 136 valence electrons. The number of benzene rings is 2. The zero-order valence-electron chi connectivity index (χ0n) is 15.4. The Morgan fingerprint density at radius 3 is 2.42 bits per heavy atom. The van der Waals surface area contributed by atoms with Crippen LogP contribution in [0.1, 0.15) is 19.4 Å². The minimum absolute atomic E-state index is 0.00804. The molecule has 5 nitrogen and oxygen atoms in total. The van der Waals surface area contributed by atoms with Gasteiger partial charge in [-0.05, 0) is 31.5 Å². The maximum Gasteiger partial charge on any atom is 0.271 e. The molecule has 5 heteroatoms. The van der Waals surface area contributed by atoms with Crippen molar-refractivity contribution in [2.24, 2.45) is 0 Å². The molecule has 1 amide bonds. The topological polar surface area (TPSA) is 44.8 Å². The third-order valence-electron chi connectivity index (χ3n) is 5.02. The van der Waals surface area contributed by atoms with Crippen LogP contribution in [-0.4, -0.2) is 37.7 Å². The maximum atomic E-state index is 13.1. The number of amides is 1. The van der Waals surface area contributed by atoms with Crippen molar-refractivity contribution in [2.75, 3.05) is 36.0 Å². The molecule has 0 unspecified atom stereocenters. The van der Waals surface area contributed by atoms with E-state index in [2.05, 4.69) is 28.4 Å². The maximum absolute atomic E-state index is 13.1. The summed E-state index contributed by atoms with van der Waals surface area (Å²) in [6.45, 7) is 8.04. The molecule has 2 aromatic carbocycles. The van der Waals surface area contributed by atoms with E-state index in [1.54, 1.807) is 0 Å². The zero-order valence-corrected chi connectivity index (χ0v) is 15.4. The van der Waals surface area contributed by atoms with Gasteiger partial charge in [-0.2, -0.15) is 0 Å². The summed E-state index contributed by atoms with van der Waals surface area (Å²) in [6, 6.07) is 16.2. The van der Waals surface area contributed by atoms with E-state index in [1.165, 1.54) is 0 Å². The first-order valence-corrected chi connectivity index (χ1v) is 9.20. The van der Waals surface area contributed by atoms with Crippen molar-refractivity contribution in [1.29, 1.82) is 0 Å². The van der Waals surface area contributed by atoms with Crippen molar-refractivity contribution in [2.45, 2.75) is 26.0 Å². The molecule has 0 radical (unpaired) electrons. The van der Waals surface area contributed by atoms with Crippen molar-refractivity contribution >= 4 is 17.3 Å². The van der Waals surface area contributed by atoms with Crippen molar-refractivity contribution in [1.82, 2.24) is 5.32 Å². The van der Waals surface area contributed by atoms with Gasteiger partial charge in [-0.1, -0.05) is 36.4 Å². The first kappa shape index (κ1) is 16.9. The standard InChI is InChI=1S/C21H25N3O2/c1-21(2)20(25)24(15-16-7-4-3-5-8-16)18-10-6-9-17(19(18)26-21)23-13-11-22-12-14-23/h3-10,22H,11-15H2,1-2H3. The van der Waals surface area contributed by atoms with E-state index in [1.807, 2.05) is 49.1 Å². The highest BCUT2D eigenvalue weighted by Gasteiger charge is 2.42. The molecule has 0 bridgehead atoms. The van der Waals surface area contributed by atoms with Gasteiger partial charge in [0, 0.05) is 26.2 Å². The normalized spacial score (nSPS) is 19.1. The number of ether oxygens (including phenoxy) is 1. The van der Waals surface area contributed by atoms with Crippen LogP contribution in [0.25, 0.3) is 0 Å². The van der Waals surface area contributed by atoms with E-state index in [0.29, 0.717) is 6.54 Å². The summed E-state index contributed by atoms with van der Waals surface area (Å²) in [7, 11) is 0. The molecule has 0 atom stereocenters. The Kier molecular flexibility index (Phi) is 4.32. The predicted octanol–water partition coefficient (Wildman–Crippen LogP) is 2.80. The van der Waals surface area contributed by atoms with Gasteiger partial charge in [0.25, 0.3) is 5.91 Å². The van der Waals surface area contributed by atoms with Gasteiger partial charge in [0.05, 0.1) is 17.9 Å². The fourth-order valence-corrected chi connectivity index (χ4v) is 3.64. The quantitative estimate of drug-likeness (QED) is 0.924. The highest BCUT2D eigenvalue weighted by molar-refractivity contribution is 6.03. The number of nitrogens with one attached hydrogen (secondary N) is 1. The highest BCUT2D eigenvalue weighted by atomic mass is 16.5. The smallest absolute Gasteiger partial charge is 0.271 e. The van der Waals surface area contributed by atoms with Crippen LogP contribution < -0.4 is 19.9 Å². The fourth-order valence-electron chi connectivity index (χ4n) is 3.64. The number of fused-ring (bicyclic) bond motifs is 1. The summed E-state index contributed by atoms with van der Waals surface area (Å²) in [4.78, 5) is 17.3. The monoisotopic (exact) mass is 351 g/mol. The molecule has 0 spiro atoms. The van der Waals surface area contributed by atoms with E-state index in [0.717, 1.165) is 48.9 Å². The average Bonchev–Trinajstić information content (AvgIpc) is 2.66. The number of piperazine rings is 1. The number of nitrogens with zero attached hydrogens (tertiary/aromatic N) is 2. The molecule has 1 saturated heterocycles. The number of hydrogen-bond donors (Lipinski definition) is 1. The first-order chi connectivity index (χ1) is 12.6. The second-order valence-electron chi connectivity index (χ2n) is 7.35. The van der Waals surface area contributed by atoms with Crippen LogP contribution in [-0.2, 0) is 11.3 Å². The third-order valence-corrected chi connectivity index (χ3v) is 5.02. The summed E-state index contributed by atoms with van der Waals surface area (Å²) in [5.41, 5.74) is 2.15. The lowest BCUT2D eigenvalue weighted by Gasteiger charge is -2.41. The van der Waals surface area contributed by atoms with Gasteiger partial charge in [-0.3, -0.25) is 4.79 Å². The van der Waals surface area contributed by atoms with Crippen molar-refractivity contribution in [3.05, 3.63) is 54.1 Å². The van der Waals surface area contributed by atoms with Crippen LogP contribution >= 0.6 is 0 Å². The molecule has 1 fully saturated rings. The Morgan fingerprint density at radius 2 is 1.69 bits per heavy atom. The molecule has 2 aliphatic rings. The van der Waals surface area contributed by atoms with Crippen molar-refractivity contribution in [3.63, 3.8) is 0 Å². The first-order valence-electron chi connectivity index (χ1n) is 9.20. The van der Waals surface area contributed by atoms with E-state index >= 15 is 0 Å². The van der Waals surface area contributed by atoms with Gasteiger partial charge in [-0.15, -0.1) is 0 Å². The summed E-state index contributed by atoms with van der Waals surface area (Å²) in [5.74, 6) is 0.807. The molecular formula is C21H25N3O2. The van der Waals surface area contributed by atoms with Gasteiger partial charge < -0.3 is 19.9 Å². The number of carbonyl (C=O) groups excluding carboxylic acids is 1. The minimum Gasteiger partial charge on any atom is -0.474 e. The highest BCUT2D eigenvalue weighted by Crippen LogP contribution is 2.45. The number of para-hydroxylation sites is 1. The Hall–Kier alpha value is -2.53. The second kappa shape index (κ2) is 6.65. The predicted molar refractivity (Wildman–Crippen MR) is 104 cm³/mol. The molecule has 0 saturated carbocycles. The molecule has 26 heavy (non-hydrogen) atoms. The van der Waals surface area contributed by atoms with Crippen LogP contribution in [0.5, 0.6) is 5.75 Å². The number of carbonyl (C=O) groups is 1. The third kappa shape index (κ3) is 3.03. The van der Waals surface area contributed by atoms with E-state index in [-0.39, 0.29) is 5.91 Å². The summed E-state index contributed by atoms with van der Waals surface area (Å²) >= 11 is 0. The number of rotatable bonds is 3. The van der Waals surface area contributed by atoms with Crippen LogP contribution in [0.4, 0.5) is 11.4 Å². The van der Waals surface area contributed by atoms with Crippen LogP contribution in [0.3, 0.4) is 0 Å². The largest absolute Gasteiger partial charge is 0.474 e. The van der Waals surface area contributed by atoms with Gasteiger partial charge in [0.15, 0.2) is 11.4 Å². The van der Waals surface area contributed by atoms with E-state index in [4.69, 9.17) is 4.74 Å². The van der Waals surface area contributed by atoms with Gasteiger partial charge in [-0.25, -0.2) is 0 Å². The lowest BCUT2D eigenvalue weighted by atomic mass is 10.0. The second-order valence-corrected chi connectivity index (χ2v) is 7.35. The van der Waals surface area contributed by atoms with Crippen LogP contribution in [0.15, 0.2) is 48.5 Å². The molecule has 1 N–H and O–H groups in total. The zero-order chi connectivity index (χ0) is 18.1. The average molecular weight is 351 g/mol. The lowest BCUT2D eigenvalue weighted by Crippen LogP contribution is -2.52. The molecular weight excluding hydrogens is 326 g/mol. The molecule has 2 aliphatic heterocycles. The Bertz CT molecular complexity index is 798. The molecule has 2 heterocycles. The molecule has 2 aromatic rings. The van der Waals surface area contributed by atoms with Crippen LogP contribution in [0, 0.1) is 0 Å². The Labute approximate surface area is 154 Å². The van der Waals surface area contributed by atoms with E-state index in [9.17, 15) is 4.79 Å². The minimum atomic E-state index is -0.883. The van der Waals surface area contributed by atoms with E-state index < -0.39 is 5.60 Å². The molecule has 0 aromatic heterocycles. The van der Waals surface area contributed by atoms with Gasteiger partial charge >= 0.3 is 0 Å². The number of anilines is 2. The van der Waals surface area contributed by atoms with Crippen molar-refractivity contribution < 1.29 is 9.53 Å². The number of hydrogen-bond acceptors (Lipinski definition) is 4. The SMILES string of the molecule is CC1(C)Oc2c(N3CCNCC3)cccc2N(Cc2ccccc2)C1=O. The van der Waals surface area contributed by atoms with Crippen LogP contribution in [0.2, 0.25) is 0 Å². The Morgan fingerprint density at radius 1 is 1.00 bits per heavy atom. The van der Waals surface area contributed by atoms with Gasteiger partial charge in [0.2, 0.25) is 0 Å². The summed E-state index contributed by atoms with van der Waals surface area (Å²) < 4.78 is 6.23. The molecule has 0 aliphatic carbocycles. The molecule has 4 rings (SSSR count). The van der Waals surface area contributed by atoms with Crippen molar-refractivity contribution in [3.8, 4) is 5.75 Å². The Balaban J connectivity index is 1.76. The lowest BCUT2D eigenvalue weighted by molar-refractivity contribution is -0.132. The summed E-state index contributed by atoms with van der Waals surface area (Å²) in [6.07, 6.45) is 0. The summed E-state index contributed by atoms with van der Waals surface area (Å²) in [5, 5.41) is 3.38. The van der Waals surface area contributed by atoms with Gasteiger partial charge in [0.1, 0.15) is 0 Å².